The largest absolute Gasteiger partial charge is 0.488 e. The summed E-state index contributed by atoms with van der Waals surface area (Å²) in [5.74, 6) is 2.01. The fraction of sp³-hybridized carbons (Fsp3) is 0.375. The molecule has 0 radical (unpaired) electrons. The van der Waals surface area contributed by atoms with Crippen molar-refractivity contribution in [3.63, 3.8) is 0 Å². The first kappa shape index (κ1) is 12.6. The van der Waals surface area contributed by atoms with Gasteiger partial charge in [0.1, 0.15) is 12.4 Å². The zero-order valence-corrected chi connectivity index (χ0v) is 11.7. The number of hydrogen-bond donors (Lipinski definition) is 1. The Morgan fingerprint density at radius 1 is 1.14 bits per heavy atom. The lowest BCUT2D eigenvalue weighted by molar-refractivity contribution is 0.343. The van der Waals surface area contributed by atoms with E-state index in [2.05, 4.69) is 10.1 Å². The van der Waals surface area contributed by atoms with Gasteiger partial charge in [0.15, 0.2) is 5.82 Å². The third-order valence-electron chi connectivity index (χ3n) is 4.27. The summed E-state index contributed by atoms with van der Waals surface area (Å²) in [6, 6.07) is 7.90. The minimum Gasteiger partial charge on any atom is -0.488 e. The zero-order chi connectivity index (χ0) is 14.3. The Kier molecular flexibility index (Phi) is 2.82. The summed E-state index contributed by atoms with van der Waals surface area (Å²) in [6.07, 6.45) is 6.13. The lowest BCUT2D eigenvalue weighted by atomic mass is 9.98. The predicted molar refractivity (Wildman–Crippen MR) is 78.4 cm³/mol. The average Bonchev–Trinajstić information content (AvgIpc) is 3.17. The van der Waals surface area contributed by atoms with Gasteiger partial charge in [0.25, 0.3) is 5.89 Å². The van der Waals surface area contributed by atoms with Gasteiger partial charge in [-0.05, 0) is 25.0 Å². The predicted octanol–water partition coefficient (Wildman–Crippen LogP) is 2.73. The van der Waals surface area contributed by atoms with Crippen LogP contribution in [0.15, 0.2) is 28.8 Å². The van der Waals surface area contributed by atoms with Crippen molar-refractivity contribution in [2.75, 3.05) is 6.61 Å². The third kappa shape index (κ3) is 2.14. The van der Waals surface area contributed by atoms with Crippen molar-refractivity contribution in [1.82, 2.24) is 10.1 Å². The van der Waals surface area contributed by atoms with Gasteiger partial charge in [-0.2, -0.15) is 4.98 Å². The molecule has 2 N–H and O–H groups in total. The van der Waals surface area contributed by atoms with Crippen LogP contribution in [0.1, 0.15) is 43.0 Å². The Labute approximate surface area is 122 Å². The Morgan fingerprint density at radius 2 is 1.95 bits per heavy atom. The lowest BCUT2D eigenvalue weighted by Gasteiger charge is -2.18. The van der Waals surface area contributed by atoms with Gasteiger partial charge in [-0.1, -0.05) is 36.2 Å². The van der Waals surface area contributed by atoms with Gasteiger partial charge in [-0.15, -0.1) is 0 Å². The van der Waals surface area contributed by atoms with Crippen molar-refractivity contribution in [3.8, 4) is 5.75 Å². The number of fused-ring (bicyclic) bond motifs is 1. The van der Waals surface area contributed by atoms with Crippen LogP contribution < -0.4 is 10.5 Å². The third-order valence-corrected chi connectivity index (χ3v) is 4.27. The number of aromatic nitrogens is 2. The molecule has 21 heavy (non-hydrogen) atoms. The molecule has 1 fully saturated rings. The van der Waals surface area contributed by atoms with Gasteiger partial charge in [0, 0.05) is 5.56 Å². The van der Waals surface area contributed by atoms with E-state index < -0.39 is 5.54 Å². The number of nitrogens with two attached hydrogens (primary N) is 1. The molecule has 1 saturated carbocycles. The first-order valence-corrected chi connectivity index (χ1v) is 7.30. The van der Waals surface area contributed by atoms with Crippen LogP contribution in [0.2, 0.25) is 0 Å². The molecule has 1 aromatic heterocycles. The molecule has 5 heteroatoms. The highest BCUT2D eigenvalue weighted by Crippen LogP contribution is 2.36. The molecule has 0 amide bonds. The fourth-order valence-corrected chi connectivity index (χ4v) is 3.03. The molecule has 0 unspecified atom stereocenters. The number of rotatable bonds is 2. The van der Waals surface area contributed by atoms with Gasteiger partial charge >= 0.3 is 0 Å². The first-order valence-electron chi connectivity index (χ1n) is 7.30. The van der Waals surface area contributed by atoms with Crippen LogP contribution >= 0.6 is 0 Å². The Morgan fingerprint density at radius 3 is 2.81 bits per heavy atom. The summed E-state index contributed by atoms with van der Waals surface area (Å²) in [4.78, 5) is 4.51. The molecule has 2 aliphatic rings. The van der Waals surface area contributed by atoms with Crippen molar-refractivity contribution in [3.05, 3.63) is 41.5 Å². The molecule has 0 atom stereocenters. The van der Waals surface area contributed by atoms with Crippen LogP contribution in [0.3, 0.4) is 0 Å². The van der Waals surface area contributed by atoms with E-state index in [9.17, 15) is 0 Å². The second-order valence-corrected chi connectivity index (χ2v) is 5.78. The van der Waals surface area contributed by atoms with Crippen LogP contribution in [0.25, 0.3) is 11.6 Å². The molecule has 4 rings (SSSR count). The monoisotopic (exact) mass is 283 g/mol. The molecule has 1 aliphatic heterocycles. The molecule has 0 bridgehead atoms. The van der Waals surface area contributed by atoms with Crippen LogP contribution in [-0.4, -0.2) is 16.7 Å². The molecule has 5 nitrogen and oxygen atoms in total. The number of nitrogens with zero attached hydrogens (tertiary/aromatic N) is 2. The van der Waals surface area contributed by atoms with Crippen molar-refractivity contribution in [2.24, 2.45) is 5.73 Å². The lowest BCUT2D eigenvalue weighted by Crippen LogP contribution is -2.34. The van der Waals surface area contributed by atoms with Gasteiger partial charge in [-0.3, -0.25) is 0 Å². The van der Waals surface area contributed by atoms with Crippen LogP contribution in [0, 0.1) is 0 Å². The number of hydrogen-bond acceptors (Lipinski definition) is 5. The number of ether oxygens (including phenoxy) is 1. The molecule has 0 saturated heterocycles. The van der Waals surface area contributed by atoms with Crippen molar-refractivity contribution < 1.29 is 9.26 Å². The van der Waals surface area contributed by atoms with Crippen LogP contribution in [0.4, 0.5) is 0 Å². The van der Waals surface area contributed by atoms with E-state index in [1.807, 2.05) is 30.3 Å². The Balaban J connectivity index is 1.66. The highest BCUT2D eigenvalue weighted by Gasteiger charge is 2.36. The maximum absolute atomic E-state index is 6.36. The maximum Gasteiger partial charge on any atom is 0.257 e. The van der Waals surface area contributed by atoms with Crippen molar-refractivity contribution in [1.29, 1.82) is 0 Å². The van der Waals surface area contributed by atoms with Gasteiger partial charge in [0.2, 0.25) is 0 Å². The van der Waals surface area contributed by atoms with E-state index in [0.29, 0.717) is 18.3 Å². The first-order chi connectivity index (χ1) is 10.2. The standard InChI is InChI=1S/C16H17N3O2/c17-16(7-3-4-8-16)15-18-14(21-19-15)12-9-11-5-1-2-6-13(11)20-10-12/h1-2,5-6,9H,3-4,7-8,10,17H2. The molecular formula is C16H17N3O2. The molecule has 2 aromatic rings. The van der Waals surface area contributed by atoms with E-state index in [1.54, 1.807) is 0 Å². The average molecular weight is 283 g/mol. The summed E-state index contributed by atoms with van der Waals surface area (Å²) in [6.45, 7) is 0.441. The molecule has 2 heterocycles. The highest BCUT2D eigenvalue weighted by molar-refractivity contribution is 5.82. The fourth-order valence-electron chi connectivity index (χ4n) is 3.03. The van der Waals surface area contributed by atoms with Gasteiger partial charge < -0.3 is 15.0 Å². The topological polar surface area (TPSA) is 74.2 Å². The summed E-state index contributed by atoms with van der Waals surface area (Å²) in [5.41, 5.74) is 7.87. The second kappa shape index (κ2) is 4.70. The smallest absolute Gasteiger partial charge is 0.257 e. The van der Waals surface area contributed by atoms with Gasteiger partial charge in [-0.25, -0.2) is 0 Å². The highest BCUT2D eigenvalue weighted by atomic mass is 16.5. The summed E-state index contributed by atoms with van der Waals surface area (Å²) in [5, 5.41) is 4.09. The molecule has 108 valence electrons. The molecule has 1 aromatic carbocycles. The van der Waals surface area contributed by atoms with E-state index >= 15 is 0 Å². The van der Waals surface area contributed by atoms with Crippen molar-refractivity contribution in [2.45, 2.75) is 31.2 Å². The van der Waals surface area contributed by atoms with E-state index in [1.165, 1.54) is 0 Å². The van der Waals surface area contributed by atoms with E-state index in [0.717, 1.165) is 42.6 Å². The summed E-state index contributed by atoms with van der Waals surface area (Å²) >= 11 is 0. The summed E-state index contributed by atoms with van der Waals surface area (Å²) < 4.78 is 11.1. The van der Waals surface area contributed by atoms with Crippen LogP contribution in [-0.2, 0) is 5.54 Å². The Bertz CT molecular complexity index is 699. The minimum absolute atomic E-state index is 0.421. The quantitative estimate of drug-likeness (QED) is 0.917. The van der Waals surface area contributed by atoms with E-state index in [4.69, 9.17) is 15.0 Å². The Hall–Kier alpha value is -2.14. The normalized spacial score (nSPS) is 19.8. The molecule has 0 spiro atoms. The van der Waals surface area contributed by atoms with Crippen molar-refractivity contribution >= 4 is 11.6 Å². The maximum atomic E-state index is 6.36. The number of para-hydroxylation sites is 1. The molecule has 1 aliphatic carbocycles. The van der Waals surface area contributed by atoms with Crippen LogP contribution in [0.5, 0.6) is 5.75 Å². The second-order valence-electron chi connectivity index (χ2n) is 5.78. The number of benzene rings is 1. The SMILES string of the molecule is NC1(c2noc(C3=Cc4ccccc4OC3)n2)CCCC1. The minimum atomic E-state index is -0.421. The molecular weight excluding hydrogens is 266 g/mol. The zero-order valence-electron chi connectivity index (χ0n) is 11.7. The van der Waals surface area contributed by atoms with E-state index in [-0.39, 0.29) is 0 Å². The summed E-state index contributed by atoms with van der Waals surface area (Å²) in [7, 11) is 0. The van der Waals surface area contributed by atoms with Gasteiger partial charge in [0.05, 0.1) is 11.1 Å².